The predicted octanol–water partition coefficient (Wildman–Crippen LogP) is 6.08. The molecule has 0 saturated heterocycles. The van der Waals surface area contributed by atoms with Gasteiger partial charge in [0.2, 0.25) is 0 Å². The molecule has 0 fully saturated rings. The highest BCUT2D eigenvalue weighted by Gasteiger charge is 2.14. The lowest BCUT2D eigenvalue weighted by Crippen LogP contribution is -2.12. The number of benzene rings is 3. The molecule has 0 bridgehead atoms. The van der Waals surface area contributed by atoms with E-state index in [-0.39, 0.29) is 16.4 Å². The number of carbonyl (C=O) groups is 1. The maximum Gasteiger partial charge on any atom is 0.261 e. The van der Waals surface area contributed by atoms with Crippen LogP contribution in [0.15, 0.2) is 76.5 Å². The molecule has 0 aliphatic heterocycles. The van der Waals surface area contributed by atoms with Gasteiger partial charge in [-0.05, 0) is 61.5 Å². The van der Waals surface area contributed by atoms with Crippen molar-refractivity contribution in [2.45, 2.75) is 16.7 Å². The van der Waals surface area contributed by atoms with Crippen LogP contribution in [0, 0.1) is 6.92 Å². The summed E-state index contributed by atoms with van der Waals surface area (Å²) in [5, 5.41) is 0.743. The second kappa shape index (κ2) is 9.22. The van der Waals surface area contributed by atoms with Gasteiger partial charge in [0, 0.05) is 16.1 Å². The molecular weight excluding hydrogens is 449 g/mol. The summed E-state index contributed by atoms with van der Waals surface area (Å²) >= 11 is 13.2. The molecule has 0 spiro atoms. The van der Waals surface area contributed by atoms with Gasteiger partial charge < -0.3 is 0 Å². The maximum atomic E-state index is 12.4. The first kappa shape index (κ1) is 21.7. The van der Waals surface area contributed by atoms with Crippen LogP contribution in [0.5, 0.6) is 0 Å². The van der Waals surface area contributed by atoms with E-state index in [2.05, 4.69) is 4.72 Å². The third-order valence-electron chi connectivity index (χ3n) is 4.05. The van der Waals surface area contributed by atoms with Crippen molar-refractivity contribution in [3.63, 3.8) is 0 Å². The molecule has 0 aromatic heterocycles. The molecule has 0 heterocycles. The number of rotatable bonds is 7. The minimum Gasteiger partial charge on any atom is -0.293 e. The van der Waals surface area contributed by atoms with E-state index in [0.717, 1.165) is 10.5 Å². The highest BCUT2D eigenvalue weighted by molar-refractivity contribution is 8.00. The second-order valence-electron chi connectivity index (χ2n) is 6.28. The smallest absolute Gasteiger partial charge is 0.261 e. The normalized spacial score (nSPS) is 11.3. The minimum absolute atomic E-state index is 0.0716. The summed E-state index contributed by atoms with van der Waals surface area (Å²) in [7, 11) is -3.65. The fourth-order valence-corrected chi connectivity index (χ4v) is 4.60. The molecule has 1 N–H and O–H groups in total. The summed E-state index contributed by atoms with van der Waals surface area (Å²) in [5.41, 5.74) is 1.93. The number of Topliss-reactive ketones (excluding diaryl/α,β-unsaturated/α-hetero) is 1. The number of aryl methyl sites for hydroxylation is 1. The summed E-state index contributed by atoms with van der Waals surface area (Å²) in [5.74, 6) is 0.157. The lowest BCUT2D eigenvalue weighted by Gasteiger charge is -2.09. The van der Waals surface area contributed by atoms with Crippen LogP contribution in [0.1, 0.15) is 15.9 Å². The number of hydrogen-bond donors (Lipinski definition) is 1. The SMILES string of the molecule is Cc1ccc(S(=O)(=O)Nc2ccc(SCC(=O)c3ccc(Cl)c(Cl)c3)cc2)cc1. The van der Waals surface area contributed by atoms with Gasteiger partial charge in [-0.3, -0.25) is 9.52 Å². The van der Waals surface area contributed by atoms with Gasteiger partial charge in [0.15, 0.2) is 5.78 Å². The Morgan fingerprint density at radius 2 is 1.59 bits per heavy atom. The molecule has 8 heteroatoms. The number of nitrogens with one attached hydrogen (secondary N) is 1. The van der Waals surface area contributed by atoms with Crippen LogP contribution >= 0.6 is 35.0 Å². The summed E-state index contributed by atoms with van der Waals surface area (Å²) in [6.07, 6.45) is 0. The van der Waals surface area contributed by atoms with Crippen molar-refractivity contribution in [1.82, 2.24) is 0 Å². The van der Waals surface area contributed by atoms with Crippen LogP contribution < -0.4 is 4.72 Å². The molecule has 3 rings (SSSR count). The molecule has 3 aromatic carbocycles. The highest BCUT2D eigenvalue weighted by Crippen LogP contribution is 2.26. The maximum absolute atomic E-state index is 12.4. The Balaban J connectivity index is 1.62. The number of halogens is 2. The quantitative estimate of drug-likeness (QED) is 0.339. The number of carbonyl (C=O) groups excluding carboxylic acids is 1. The Morgan fingerprint density at radius 1 is 0.931 bits per heavy atom. The second-order valence-corrected chi connectivity index (χ2v) is 9.83. The summed E-state index contributed by atoms with van der Waals surface area (Å²) in [4.78, 5) is 13.3. The van der Waals surface area contributed by atoms with Crippen molar-refractivity contribution in [2.24, 2.45) is 0 Å². The Bertz CT molecular complexity index is 1130. The monoisotopic (exact) mass is 465 g/mol. The third-order valence-corrected chi connectivity index (χ3v) is 7.20. The molecule has 0 atom stereocenters. The van der Waals surface area contributed by atoms with E-state index < -0.39 is 10.0 Å². The first-order valence-corrected chi connectivity index (χ1v) is 11.8. The van der Waals surface area contributed by atoms with Gasteiger partial charge in [-0.1, -0.05) is 40.9 Å². The number of anilines is 1. The van der Waals surface area contributed by atoms with E-state index in [1.54, 1.807) is 66.7 Å². The van der Waals surface area contributed by atoms with Gasteiger partial charge in [0.1, 0.15) is 0 Å². The average molecular weight is 466 g/mol. The lowest BCUT2D eigenvalue weighted by atomic mass is 10.1. The molecular formula is C21H17Cl2NO3S2. The molecule has 4 nitrogen and oxygen atoms in total. The van der Waals surface area contributed by atoms with Gasteiger partial charge in [0.25, 0.3) is 10.0 Å². The van der Waals surface area contributed by atoms with Crippen LogP contribution in [0.4, 0.5) is 5.69 Å². The van der Waals surface area contributed by atoms with E-state index in [0.29, 0.717) is 21.3 Å². The fourth-order valence-electron chi connectivity index (χ4n) is 2.45. The van der Waals surface area contributed by atoms with Gasteiger partial charge in [-0.2, -0.15) is 0 Å². The lowest BCUT2D eigenvalue weighted by molar-refractivity contribution is 0.102. The Morgan fingerprint density at radius 3 is 2.21 bits per heavy atom. The zero-order chi connectivity index (χ0) is 21.0. The Kier molecular flexibility index (Phi) is 6.90. The van der Waals surface area contributed by atoms with Crippen molar-refractivity contribution < 1.29 is 13.2 Å². The van der Waals surface area contributed by atoms with E-state index in [4.69, 9.17) is 23.2 Å². The van der Waals surface area contributed by atoms with E-state index in [9.17, 15) is 13.2 Å². The molecule has 3 aromatic rings. The number of thioether (sulfide) groups is 1. The van der Waals surface area contributed by atoms with Crippen molar-refractivity contribution in [3.05, 3.63) is 87.9 Å². The zero-order valence-corrected chi connectivity index (χ0v) is 18.5. The Hall–Kier alpha value is -1.99. The molecule has 0 aliphatic rings. The van der Waals surface area contributed by atoms with Crippen LogP contribution in [0.2, 0.25) is 10.0 Å². The van der Waals surface area contributed by atoms with E-state index in [1.165, 1.54) is 11.8 Å². The third kappa shape index (κ3) is 5.76. The molecule has 0 saturated carbocycles. The van der Waals surface area contributed by atoms with Crippen LogP contribution in [0.25, 0.3) is 0 Å². The molecule has 0 aliphatic carbocycles. The first-order chi connectivity index (χ1) is 13.7. The number of ketones is 1. The standard InChI is InChI=1S/C21H17Cl2NO3S2/c1-14-2-9-18(10-3-14)29(26,27)24-16-5-7-17(8-6-16)28-13-21(25)15-4-11-19(22)20(23)12-15/h2-12,24H,13H2,1H3. The summed E-state index contributed by atoms with van der Waals surface area (Å²) in [6, 6.07) is 18.3. The first-order valence-electron chi connectivity index (χ1n) is 8.55. The number of hydrogen-bond acceptors (Lipinski definition) is 4. The van der Waals surface area contributed by atoms with Gasteiger partial charge >= 0.3 is 0 Å². The number of sulfonamides is 1. The Labute approximate surface area is 184 Å². The van der Waals surface area contributed by atoms with Crippen molar-refractivity contribution in [3.8, 4) is 0 Å². The topological polar surface area (TPSA) is 63.2 Å². The summed E-state index contributed by atoms with van der Waals surface area (Å²) in [6.45, 7) is 1.90. The van der Waals surface area contributed by atoms with Gasteiger partial charge in [-0.15, -0.1) is 11.8 Å². The van der Waals surface area contributed by atoms with Crippen molar-refractivity contribution in [1.29, 1.82) is 0 Å². The molecule has 0 amide bonds. The molecule has 29 heavy (non-hydrogen) atoms. The molecule has 150 valence electrons. The molecule has 0 radical (unpaired) electrons. The van der Waals surface area contributed by atoms with Crippen LogP contribution in [-0.4, -0.2) is 20.0 Å². The van der Waals surface area contributed by atoms with Gasteiger partial charge in [0.05, 0.1) is 20.7 Å². The fraction of sp³-hybridized carbons (Fsp3) is 0.0952. The molecule has 0 unspecified atom stereocenters. The zero-order valence-electron chi connectivity index (χ0n) is 15.4. The minimum atomic E-state index is -3.65. The summed E-state index contributed by atoms with van der Waals surface area (Å²) < 4.78 is 27.4. The van der Waals surface area contributed by atoms with E-state index >= 15 is 0 Å². The largest absolute Gasteiger partial charge is 0.293 e. The van der Waals surface area contributed by atoms with E-state index in [1.807, 2.05) is 6.92 Å². The van der Waals surface area contributed by atoms with Crippen LogP contribution in [-0.2, 0) is 10.0 Å². The van der Waals surface area contributed by atoms with Gasteiger partial charge in [-0.25, -0.2) is 8.42 Å². The van der Waals surface area contributed by atoms with Crippen molar-refractivity contribution >= 4 is 56.5 Å². The van der Waals surface area contributed by atoms with Crippen molar-refractivity contribution in [2.75, 3.05) is 10.5 Å². The highest BCUT2D eigenvalue weighted by atomic mass is 35.5. The van der Waals surface area contributed by atoms with Crippen LogP contribution in [0.3, 0.4) is 0 Å². The predicted molar refractivity (Wildman–Crippen MR) is 120 cm³/mol. The average Bonchev–Trinajstić information content (AvgIpc) is 2.69.